The minimum atomic E-state index is -1.27. The van der Waals surface area contributed by atoms with Crippen molar-refractivity contribution in [1.29, 1.82) is 0 Å². The summed E-state index contributed by atoms with van der Waals surface area (Å²) in [6.07, 6.45) is 0. The number of nitro benzene ring substituents is 1. The number of aromatic hydroxyl groups is 1. The Morgan fingerprint density at radius 2 is 1.95 bits per heavy atom. The molecule has 0 heterocycles. The number of ether oxygens (including phenoxy) is 1. The fraction of sp³-hybridized carbons (Fsp3) is 0. The minimum Gasteiger partial charge on any atom is -0.507 e. The highest BCUT2D eigenvalue weighted by molar-refractivity contribution is 6.32. The number of halogens is 1. The van der Waals surface area contributed by atoms with Crippen molar-refractivity contribution in [3.63, 3.8) is 0 Å². The van der Waals surface area contributed by atoms with Gasteiger partial charge in [-0.2, -0.15) is 0 Å². The van der Waals surface area contributed by atoms with Crippen molar-refractivity contribution in [2.45, 2.75) is 0 Å². The van der Waals surface area contributed by atoms with Gasteiger partial charge in [0.25, 0.3) is 5.69 Å². The standard InChI is InChI=1S/C13H8ClNO6/c14-10-5-7(15(19)20)1-4-12(10)21-8-2-3-9(13(17)18)11(16)6-8/h1-6,16H,(H,17,18). The summed E-state index contributed by atoms with van der Waals surface area (Å²) >= 11 is 5.86. The number of nitro groups is 1. The molecule has 0 amide bonds. The average Bonchev–Trinajstić information content (AvgIpc) is 2.40. The Morgan fingerprint density at radius 1 is 1.24 bits per heavy atom. The number of carbonyl (C=O) groups is 1. The zero-order chi connectivity index (χ0) is 15.6. The van der Waals surface area contributed by atoms with E-state index in [2.05, 4.69) is 0 Å². The lowest BCUT2D eigenvalue weighted by Crippen LogP contribution is -1.96. The second kappa shape index (κ2) is 5.68. The molecule has 2 rings (SSSR count). The summed E-state index contributed by atoms with van der Waals surface area (Å²) in [5, 5.41) is 28.9. The molecule has 0 unspecified atom stereocenters. The molecule has 0 aliphatic carbocycles. The molecule has 0 atom stereocenters. The van der Waals surface area contributed by atoms with E-state index in [1.165, 1.54) is 24.3 Å². The SMILES string of the molecule is O=C(O)c1ccc(Oc2ccc([N+](=O)[O-])cc2Cl)cc1O. The van der Waals surface area contributed by atoms with Crippen molar-refractivity contribution in [1.82, 2.24) is 0 Å². The van der Waals surface area contributed by atoms with E-state index in [0.29, 0.717) is 0 Å². The molecule has 0 bridgehead atoms. The molecule has 0 aromatic heterocycles. The molecule has 0 radical (unpaired) electrons. The van der Waals surface area contributed by atoms with Crippen LogP contribution in [0.15, 0.2) is 36.4 Å². The number of non-ortho nitro benzene ring substituents is 1. The molecule has 2 aromatic rings. The lowest BCUT2D eigenvalue weighted by molar-refractivity contribution is -0.384. The van der Waals surface area contributed by atoms with E-state index in [1.54, 1.807) is 0 Å². The van der Waals surface area contributed by atoms with Gasteiger partial charge in [0.2, 0.25) is 0 Å². The van der Waals surface area contributed by atoms with Crippen LogP contribution in [0.2, 0.25) is 5.02 Å². The van der Waals surface area contributed by atoms with Crippen molar-refractivity contribution >= 4 is 23.3 Å². The quantitative estimate of drug-likeness (QED) is 0.661. The summed E-state index contributed by atoms with van der Waals surface area (Å²) < 4.78 is 5.35. The molecule has 108 valence electrons. The third-order valence-electron chi connectivity index (χ3n) is 2.55. The monoisotopic (exact) mass is 309 g/mol. The maximum Gasteiger partial charge on any atom is 0.339 e. The van der Waals surface area contributed by atoms with Gasteiger partial charge in [-0.05, 0) is 18.2 Å². The highest BCUT2D eigenvalue weighted by Gasteiger charge is 2.13. The Labute approximate surface area is 123 Å². The van der Waals surface area contributed by atoms with Crippen LogP contribution in [0.5, 0.6) is 17.2 Å². The van der Waals surface area contributed by atoms with Gasteiger partial charge in [-0.15, -0.1) is 0 Å². The first-order valence-corrected chi connectivity index (χ1v) is 5.94. The Bertz CT molecular complexity index is 731. The molecule has 0 aliphatic heterocycles. The van der Waals surface area contributed by atoms with Gasteiger partial charge in [-0.3, -0.25) is 10.1 Å². The number of nitrogens with zero attached hydrogens (tertiary/aromatic N) is 1. The second-order valence-electron chi connectivity index (χ2n) is 3.96. The number of phenols is 1. The molecule has 0 aliphatic rings. The van der Waals surface area contributed by atoms with Gasteiger partial charge in [0.05, 0.1) is 9.95 Å². The molecule has 0 fully saturated rings. The van der Waals surface area contributed by atoms with Crippen LogP contribution >= 0.6 is 11.6 Å². The highest BCUT2D eigenvalue weighted by Crippen LogP contribution is 2.34. The van der Waals surface area contributed by atoms with Crippen LogP contribution in [-0.4, -0.2) is 21.1 Å². The average molecular weight is 310 g/mol. The predicted molar refractivity (Wildman–Crippen MR) is 73.2 cm³/mol. The minimum absolute atomic E-state index is 0.0194. The van der Waals surface area contributed by atoms with Crippen LogP contribution in [-0.2, 0) is 0 Å². The molecular formula is C13H8ClNO6. The van der Waals surface area contributed by atoms with E-state index in [9.17, 15) is 20.0 Å². The van der Waals surface area contributed by atoms with Gasteiger partial charge >= 0.3 is 5.97 Å². The van der Waals surface area contributed by atoms with E-state index >= 15 is 0 Å². The molecule has 2 aromatic carbocycles. The van der Waals surface area contributed by atoms with Crippen molar-refractivity contribution in [2.24, 2.45) is 0 Å². The molecule has 0 saturated heterocycles. The van der Waals surface area contributed by atoms with E-state index in [0.717, 1.165) is 12.1 Å². The first-order valence-electron chi connectivity index (χ1n) is 5.56. The largest absolute Gasteiger partial charge is 0.507 e. The lowest BCUT2D eigenvalue weighted by atomic mass is 10.2. The fourth-order valence-corrected chi connectivity index (χ4v) is 1.78. The van der Waals surface area contributed by atoms with E-state index in [-0.39, 0.29) is 27.8 Å². The molecule has 2 N–H and O–H groups in total. The topological polar surface area (TPSA) is 110 Å². The molecule has 7 nitrogen and oxygen atoms in total. The summed E-state index contributed by atoms with van der Waals surface area (Å²) in [6, 6.07) is 7.27. The fourth-order valence-electron chi connectivity index (χ4n) is 1.57. The van der Waals surface area contributed by atoms with Gasteiger partial charge in [0, 0.05) is 18.2 Å². The third kappa shape index (κ3) is 3.21. The van der Waals surface area contributed by atoms with Gasteiger partial charge in [0.15, 0.2) is 0 Å². The smallest absolute Gasteiger partial charge is 0.339 e. The summed E-state index contributed by atoms with van der Waals surface area (Å²) in [4.78, 5) is 20.8. The van der Waals surface area contributed by atoms with Gasteiger partial charge < -0.3 is 14.9 Å². The van der Waals surface area contributed by atoms with Gasteiger partial charge in [0.1, 0.15) is 22.8 Å². The molecule has 0 spiro atoms. The first kappa shape index (κ1) is 14.6. The van der Waals surface area contributed by atoms with E-state index in [1.807, 2.05) is 0 Å². The number of hydrogen-bond donors (Lipinski definition) is 2. The number of benzene rings is 2. The predicted octanol–water partition coefficient (Wildman–Crippen LogP) is 3.44. The second-order valence-corrected chi connectivity index (χ2v) is 4.37. The lowest BCUT2D eigenvalue weighted by Gasteiger charge is -2.08. The summed E-state index contributed by atoms with van der Waals surface area (Å²) in [5.74, 6) is -1.44. The number of carboxylic acids is 1. The van der Waals surface area contributed by atoms with Crippen LogP contribution in [0, 0.1) is 10.1 Å². The Hall–Kier alpha value is -2.80. The number of carboxylic acid groups (broad SMARTS) is 1. The van der Waals surface area contributed by atoms with Crippen LogP contribution in [0.1, 0.15) is 10.4 Å². The number of aromatic carboxylic acids is 1. The van der Waals surface area contributed by atoms with E-state index in [4.69, 9.17) is 21.4 Å². The van der Waals surface area contributed by atoms with Crippen LogP contribution in [0.4, 0.5) is 5.69 Å². The van der Waals surface area contributed by atoms with Crippen LogP contribution in [0.3, 0.4) is 0 Å². The number of rotatable bonds is 4. The first-order chi connectivity index (χ1) is 9.88. The van der Waals surface area contributed by atoms with Gasteiger partial charge in [-0.1, -0.05) is 11.6 Å². The molecule has 0 saturated carbocycles. The Balaban J connectivity index is 2.28. The molecule has 8 heteroatoms. The summed E-state index contributed by atoms with van der Waals surface area (Å²) in [6.45, 7) is 0. The van der Waals surface area contributed by atoms with Crippen molar-refractivity contribution < 1.29 is 24.7 Å². The maximum atomic E-state index is 10.8. The van der Waals surface area contributed by atoms with Crippen molar-refractivity contribution in [3.8, 4) is 17.2 Å². The maximum absolute atomic E-state index is 10.8. The van der Waals surface area contributed by atoms with Gasteiger partial charge in [-0.25, -0.2) is 4.79 Å². The summed E-state index contributed by atoms with van der Waals surface area (Å²) in [7, 11) is 0. The zero-order valence-corrected chi connectivity index (χ0v) is 11.1. The highest BCUT2D eigenvalue weighted by atomic mass is 35.5. The Kier molecular flexibility index (Phi) is 3.95. The van der Waals surface area contributed by atoms with E-state index < -0.39 is 16.6 Å². The zero-order valence-electron chi connectivity index (χ0n) is 10.3. The Morgan fingerprint density at radius 3 is 2.48 bits per heavy atom. The molecular weight excluding hydrogens is 302 g/mol. The summed E-state index contributed by atoms with van der Waals surface area (Å²) in [5.41, 5.74) is -0.450. The third-order valence-corrected chi connectivity index (χ3v) is 2.85. The normalized spacial score (nSPS) is 10.1. The van der Waals surface area contributed by atoms with Crippen LogP contribution < -0.4 is 4.74 Å². The van der Waals surface area contributed by atoms with Crippen LogP contribution in [0.25, 0.3) is 0 Å². The van der Waals surface area contributed by atoms with Crippen molar-refractivity contribution in [2.75, 3.05) is 0 Å². The number of hydrogen-bond acceptors (Lipinski definition) is 5. The van der Waals surface area contributed by atoms with Crippen molar-refractivity contribution in [3.05, 3.63) is 57.1 Å². The molecule has 21 heavy (non-hydrogen) atoms.